The van der Waals surface area contributed by atoms with Gasteiger partial charge >= 0.3 is 0 Å². The van der Waals surface area contributed by atoms with E-state index in [1.807, 2.05) is 47.6 Å². The molecule has 1 rings (SSSR count). The second-order valence-corrected chi connectivity index (χ2v) is 11.6. The molecule has 3 unspecified atom stereocenters. The molecule has 0 bridgehead atoms. The zero-order chi connectivity index (χ0) is 27.7. The maximum atomic E-state index is 13.7. The van der Waals surface area contributed by atoms with Gasteiger partial charge in [0, 0.05) is 18.7 Å². The standard InChI is InChI=1S/C28H52N4O4/c1-17(2)22(16-33)29-26(34)21(9)15-24(18(3)4)31(10)28(36)25(19(5)6)30-27(35)23-13-11-12-14-32(23)20(7)8/h15,17-20,22-25,33H,11-14,16H2,1-10H3,(H,29,34)(H,30,35)/b21-15+/t22?,23?,24-,25?/m1/s1. The van der Waals surface area contributed by atoms with E-state index in [-0.39, 0.29) is 66.2 Å². The molecule has 0 radical (unpaired) electrons. The third kappa shape index (κ3) is 8.87. The van der Waals surface area contributed by atoms with Crippen LogP contribution in [-0.2, 0) is 14.4 Å². The number of carbonyl (C=O) groups is 3. The fourth-order valence-corrected chi connectivity index (χ4v) is 4.77. The van der Waals surface area contributed by atoms with E-state index in [0.29, 0.717) is 5.57 Å². The van der Waals surface area contributed by atoms with E-state index in [4.69, 9.17) is 0 Å². The molecule has 0 aromatic heterocycles. The van der Waals surface area contributed by atoms with Crippen molar-refractivity contribution in [3.63, 3.8) is 0 Å². The highest BCUT2D eigenvalue weighted by atomic mass is 16.3. The Morgan fingerprint density at radius 2 is 1.58 bits per heavy atom. The summed E-state index contributed by atoms with van der Waals surface area (Å²) in [6.07, 6.45) is 4.71. The Kier molecular flexibility index (Phi) is 13.1. The molecule has 1 aliphatic rings. The molecule has 36 heavy (non-hydrogen) atoms. The quantitative estimate of drug-likeness (QED) is 0.352. The highest BCUT2D eigenvalue weighted by molar-refractivity contribution is 5.93. The molecule has 0 aliphatic carbocycles. The summed E-state index contributed by atoms with van der Waals surface area (Å²) in [5.74, 6) is -0.433. The van der Waals surface area contributed by atoms with Crippen molar-refractivity contribution < 1.29 is 19.5 Å². The van der Waals surface area contributed by atoms with Crippen LogP contribution in [0.25, 0.3) is 0 Å². The molecule has 1 aliphatic heterocycles. The summed E-state index contributed by atoms with van der Waals surface area (Å²) in [5, 5.41) is 15.5. The smallest absolute Gasteiger partial charge is 0.246 e. The summed E-state index contributed by atoms with van der Waals surface area (Å²) >= 11 is 0. The first kappa shape index (κ1) is 32.1. The second kappa shape index (κ2) is 14.7. The van der Waals surface area contributed by atoms with Crippen molar-refractivity contribution in [1.82, 2.24) is 20.4 Å². The van der Waals surface area contributed by atoms with Gasteiger partial charge in [-0.05, 0) is 57.9 Å². The number of nitrogens with zero attached hydrogens (tertiary/aromatic N) is 2. The van der Waals surface area contributed by atoms with E-state index in [9.17, 15) is 19.5 Å². The number of nitrogens with one attached hydrogen (secondary N) is 2. The maximum Gasteiger partial charge on any atom is 0.246 e. The van der Waals surface area contributed by atoms with Gasteiger partial charge in [-0.2, -0.15) is 0 Å². The molecule has 8 heteroatoms. The van der Waals surface area contributed by atoms with Gasteiger partial charge in [-0.15, -0.1) is 0 Å². The van der Waals surface area contributed by atoms with Crippen LogP contribution in [0.5, 0.6) is 0 Å². The highest BCUT2D eigenvalue weighted by Gasteiger charge is 2.36. The number of rotatable bonds is 12. The molecule has 1 saturated heterocycles. The van der Waals surface area contributed by atoms with Gasteiger partial charge in [0.2, 0.25) is 17.7 Å². The lowest BCUT2D eigenvalue weighted by Crippen LogP contribution is -2.58. The van der Waals surface area contributed by atoms with Crippen LogP contribution >= 0.6 is 0 Å². The van der Waals surface area contributed by atoms with Gasteiger partial charge in [0.15, 0.2) is 0 Å². The molecule has 0 aromatic rings. The molecule has 1 heterocycles. The largest absolute Gasteiger partial charge is 0.394 e. The topological polar surface area (TPSA) is 102 Å². The molecule has 208 valence electrons. The van der Waals surface area contributed by atoms with Crippen LogP contribution in [0.3, 0.4) is 0 Å². The van der Waals surface area contributed by atoms with Crippen molar-refractivity contribution in [2.75, 3.05) is 20.2 Å². The molecule has 0 spiro atoms. The molecule has 8 nitrogen and oxygen atoms in total. The first-order valence-electron chi connectivity index (χ1n) is 13.7. The lowest BCUT2D eigenvalue weighted by atomic mass is 9.95. The van der Waals surface area contributed by atoms with Crippen LogP contribution in [0.4, 0.5) is 0 Å². The van der Waals surface area contributed by atoms with Crippen molar-refractivity contribution >= 4 is 17.7 Å². The van der Waals surface area contributed by atoms with Gasteiger partial charge in [0.05, 0.1) is 24.7 Å². The van der Waals surface area contributed by atoms with Gasteiger partial charge in [-0.1, -0.05) is 54.0 Å². The Hall–Kier alpha value is -1.93. The fourth-order valence-electron chi connectivity index (χ4n) is 4.77. The van der Waals surface area contributed by atoms with Gasteiger partial charge in [0.25, 0.3) is 0 Å². The summed E-state index contributed by atoms with van der Waals surface area (Å²) in [6, 6.07) is -1.26. The van der Waals surface area contributed by atoms with Crippen molar-refractivity contribution in [2.24, 2.45) is 17.8 Å². The molecular formula is C28H52N4O4. The second-order valence-electron chi connectivity index (χ2n) is 11.6. The third-order valence-electron chi connectivity index (χ3n) is 7.32. The number of hydrogen-bond acceptors (Lipinski definition) is 5. The average molecular weight is 509 g/mol. The number of likely N-dealkylation sites (tertiary alicyclic amines) is 1. The van der Waals surface area contributed by atoms with Gasteiger partial charge in [-0.25, -0.2) is 0 Å². The minimum atomic E-state index is -0.651. The predicted octanol–water partition coefficient (Wildman–Crippen LogP) is 2.95. The summed E-state index contributed by atoms with van der Waals surface area (Å²) < 4.78 is 0. The third-order valence-corrected chi connectivity index (χ3v) is 7.32. The lowest BCUT2D eigenvalue weighted by molar-refractivity contribution is -0.140. The van der Waals surface area contributed by atoms with E-state index in [2.05, 4.69) is 29.4 Å². The number of aliphatic hydroxyl groups excluding tert-OH is 1. The minimum Gasteiger partial charge on any atom is -0.394 e. The van der Waals surface area contributed by atoms with E-state index in [1.165, 1.54) is 0 Å². The fraction of sp³-hybridized carbons (Fsp3) is 0.821. The van der Waals surface area contributed by atoms with Gasteiger partial charge < -0.3 is 20.6 Å². The van der Waals surface area contributed by atoms with E-state index in [1.54, 1.807) is 18.9 Å². The number of likely N-dealkylation sites (N-methyl/N-ethyl adjacent to an activating group) is 1. The van der Waals surface area contributed by atoms with Crippen molar-refractivity contribution in [3.05, 3.63) is 11.6 Å². The first-order valence-corrected chi connectivity index (χ1v) is 13.7. The Morgan fingerprint density at radius 1 is 0.972 bits per heavy atom. The number of hydrogen-bond donors (Lipinski definition) is 3. The summed E-state index contributed by atoms with van der Waals surface area (Å²) in [5.41, 5.74) is 0.493. The van der Waals surface area contributed by atoms with Gasteiger partial charge in [-0.3, -0.25) is 19.3 Å². The SMILES string of the molecule is C/C(=C\[C@H](C(C)C)N(C)C(=O)C(NC(=O)C1CCCCN1C(C)C)C(C)C)C(=O)NC(CO)C(C)C. The highest BCUT2D eigenvalue weighted by Crippen LogP contribution is 2.21. The molecule has 3 amide bonds. The summed E-state index contributed by atoms with van der Waals surface area (Å²) in [4.78, 5) is 43.6. The zero-order valence-corrected chi connectivity index (χ0v) is 24.3. The van der Waals surface area contributed by atoms with Crippen molar-refractivity contribution in [1.29, 1.82) is 0 Å². The maximum absolute atomic E-state index is 13.7. The molecule has 1 fully saturated rings. The number of carbonyl (C=O) groups excluding carboxylic acids is 3. The van der Waals surface area contributed by atoms with Crippen LogP contribution < -0.4 is 10.6 Å². The van der Waals surface area contributed by atoms with Gasteiger partial charge in [0.1, 0.15) is 6.04 Å². The Bertz CT molecular complexity index is 763. The summed E-state index contributed by atoms with van der Waals surface area (Å²) in [6.45, 7) is 18.5. The van der Waals surface area contributed by atoms with Crippen LogP contribution in [0, 0.1) is 17.8 Å². The number of aliphatic hydroxyl groups is 1. The Balaban J connectivity index is 3.07. The molecular weight excluding hydrogens is 456 g/mol. The monoisotopic (exact) mass is 508 g/mol. The molecule has 4 atom stereocenters. The van der Waals surface area contributed by atoms with Crippen molar-refractivity contribution in [2.45, 2.75) is 112 Å². The first-order chi connectivity index (χ1) is 16.7. The normalized spacial score (nSPS) is 20.0. The van der Waals surface area contributed by atoms with Crippen LogP contribution in [-0.4, -0.2) is 83.0 Å². The van der Waals surface area contributed by atoms with Crippen molar-refractivity contribution in [3.8, 4) is 0 Å². The van der Waals surface area contributed by atoms with Crippen LogP contribution in [0.2, 0.25) is 0 Å². The van der Waals surface area contributed by atoms with E-state index >= 15 is 0 Å². The lowest BCUT2D eigenvalue weighted by Gasteiger charge is -2.39. The molecule has 0 aromatic carbocycles. The Labute approximate surface area is 219 Å². The number of amides is 3. The van der Waals surface area contributed by atoms with Crippen LogP contribution in [0.1, 0.15) is 81.6 Å². The zero-order valence-electron chi connectivity index (χ0n) is 24.3. The molecule has 3 N–H and O–H groups in total. The van der Waals surface area contributed by atoms with E-state index in [0.717, 1.165) is 25.8 Å². The van der Waals surface area contributed by atoms with Crippen LogP contribution in [0.15, 0.2) is 11.6 Å². The summed E-state index contributed by atoms with van der Waals surface area (Å²) in [7, 11) is 1.74. The minimum absolute atomic E-state index is 0.0544. The van der Waals surface area contributed by atoms with E-state index < -0.39 is 6.04 Å². The Morgan fingerprint density at radius 3 is 2.06 bits per heavy atom. The predicted molar refractivity (Wildman–Crippen MR) is 145 cm³/mol. The number of piperidine rings is 1. The average Bonchev–Trinajstić information content (AvgIpc) is 2.82. The molecule has 0 saturated carbocycles.